The summed E-state index contributed by atoms with van der Waals surface area (Å²) < 4.78 is 5.93. The number of benzene rings is 1. The highest BCUT2D eigenvalue weighted by molar-refractivity contribution is 6.67. The second kappa shape index (κ2) is 6.93. The zero-order valence-electron chi connectivity index (χ0n) is 14.4. The lowest BCUT2D eigenvalue weighted by Crippen LogP contribution is -2.44. The Morgan fingerprint density at radius 2 is 2.12 bits per heavy atom. The van der Waals surface area contributed by atoms with E-state index in [0.717, 1.165) is 43.0 Å². The van der Waals surface area contributed by atoms with Crippen LogP contribution in [0.25, 0.3) is 28.8 Å². The summed E-state index contributed by atoms with van der Waals surface area (Å²) in [7, 11) is 2.15. The molecule has 3 heterocycles. The van der Waals surface area contributed by atoms with Crippen molar-refractivity contribution in [2.75, 3.05) is 38.1 Å². The summed E-state index contributed by atoms with van der Waals surface area (Å²) >= 11 is 5.51. The monoisotopic (exact) mass is 370 g/mol. The van der Waals surface area contributed by atoms with Crippen molar-refractivity contribution >= 4 is 39.6 Å². The number of hydrogen-bond donors (Lipinski definition) is 2. The number of allylic oxidation sites excluding steroid dienone is 1. The first-order valence-electron chi connectivity index (χ1n) is 8.40. The third-order valence-corrected chi connectivity index (χ3v) is 4.58. The summed E-state index contributed by atoms with van der Waals surface area (Å²) in [5, 5.41) is 7.15. The molecule has 7 nitrogen and oxygen atoms in total. The molecule has 4 rings (SSSR count). The van der Waals surface area contributed by atoms with Crippen LogP contribution in [0.2, 0.25) is 0 Å². The van der Waals surface area contributed by atoms with E-state index in [4.69, 9.17) is 21.4 Å². The molecule has 2 N–H and O–H groups in total. The van der Waals surface area contributed by atoms with E-state index in [-0.39, 0.29) is 5.17 Å². The molecule has 0 radical (unpaired) electrons. The Morgan fingerprint density at radius 1 is 1.31 bits per heavy atom. The molecule has 1 saturated heterocycles. The van der Waals surface area contributed by atoms with Crippen molar-refractivity contribution < 1.29 is 4.42 Å². The number of rotatable bonds is 4. The van der Waals surface area contributed by atoms with Crippen LogP contribution in [0.4, 0.5) is 5.69 Å². The van der Waals surface area contributed by atoms with Crippen molar-refractivity contribution in [2.24, 2.45) is 0 Å². The quantitative estimate of drug-likeness (QED) is 0.689. The molecule has 8 heteroatoms. The van der Waals surface area contributed by atoms with Gasteiger partial charge in [-0.2, -0.15) is 0 Å². The molecule has 0 bridgehead atoms. The second-order valence-corrected chi connectivity index (χ2v) is 6.73. The van der Waals surface area contributed by atoms with Crippen LogP contribution >= 0.6 is 11.6 Å². The number of nitrogens with zero attached hydrogens (tertiary/aromatic N) is 4. The molecule has 1 aliphatic heterocycles. The summed E-state index contributed by atoms with van der Waals surface area (Å²) in [6.45, 7) is 4.14. The van der Waals surface area contributed by atoms with E-state index in [9.17, 15) is 0 Å². The van der Waals surface area contributed by atoms with Crippen molar-refractivity contribution in [3.63, 3.8) is 0 Å². The molecule has 1 aliphatic rings. The maximum Gasteiger partial charge on any atom is 0.245 e. The van der Waals surface area contributed by atoms with Crippen LogP contribution in [0.15, 0.2) is 34.9 Å². The number of anilines is 1. The predicted molar refractivity (Wildman–Crippen MR) is 104 cm³/mol. The van der Waals surface area contributed by atoms with Gasteiger partial charge >= 0.3 is 0 Å². The van der Waals surface area contributed by atoms with E-state index in [1.54, 1.807) is 12.3 Å². The van der Waals surface area contributed by atoms with Crippen LogP contribution in [-0.2, 0) is 0 Å². The third kappa shape index (κ3) is 3.49. The minimum Gasteiger partial charge on any atom is -0.435 e. The van der Waals surface area contributed by atoms with Gasteiger partial charge in [0, 0.05) is 37.9 Å². The van der Waals surface area contributed by atoms with Gasteiger partial charge in [0.2, 0.25) is 5.89 Å². The Kier molecular flexibility index (Phi) is 4.48. The lowest BCUT2D eigenvalue weighted by molar-refractivity contribution is 0.313. The van der Waals surface area contributed by atoms with Crippen LogP contribution in [-0.4, -0.2) is 58.2 Å². The number of likely N-dealkylation sites (N-methyl/N-ethyl adjacent to an activating group) is 1. The molecule has 0 amide bonds. The van der Waals surface area contributed by atoms with Gasteiger partial charge in [-0.3, -0.25) is 5.41 Å². The maximum atomic E-state index is 7.20. The van der Waals surface area contributed by atoms with Crippen molar-refractivity contribution in [2.45, 2.75) is 0 Å². The molecule has 1 fully saturated rings. The average molecular weight is 371 g/mol. The van der Waals surface area contributed by atoms with Gasteiger partial charge in [-0.1, -0.05) is 11.6 Å². The first kappa shape index (κ1) is 16.8. The van der Waals surface area contributed by atoms with E-state index in [2.05, 4.69) is 37.9 Å². The fourth-order valence-corrected chi connectivity index (χ4v) is 3.03. The highest BCUT2D eigenvalue weighted by Crippen LogP contribution is 2.27. The standard InChI is InChI=1S/C18H19ClN6O/c1-24-6-8-25(9-7-24)12-2-3-13-15(10-12)26-18(23-13)14-11-21-17(22-14)5-4-16(19)20/h2-5,10-11,20H,6-9H2,1H3,(H,21,22)/b5-4-,20-16?. The Hall–Kier alpha value is -2.64. The zero-order valence-corrected chi connectivity index (χ0v) is 15.1. The fraction of sp³-hybridized carbons (Fsp3) is 0.278. The minimum atomic E-state index is -0.0544. The van der Waals surface area contributed by atoms with Gasteiger partial charge in [0.15, 0.2) is 5.58 Å². The van der Waals surface area contributed by atoms with Crippen LogP contribution in [0, 0.1) is 5.41 Å². The molecule has 0 unspecified atom stereocenters. The molecule has 1 aromatic carbocycles. The summed E-state index contributed by atoms with van der Waals surface area (Å²) in [4.78, 5) is 16.6. The van der Waals surface area contributed by atoms with Gasteiger partial charge in [-0.15, -0.1) is 0 Å². The largest absolute Gasteiger partial charge is 0.435 e. The summed E-state index contributed by atoms with van der Waals surface area (Å²) in [6.07, 6.45) is 4.75. The van der Waals surface area contributed by atoms with Gasteiger partial charge < -0.3 is 19.2 Å². The lowest BCUT2D eigenvalue weighted by Gasteiger charge is -2.33. The minimum absolute atomic E-state index is 0.0544. The number of imidazole rings is 1. The summed E-state index contributed by atoms with van der Waals surface area (Å²) in [5.41, 5.74) is 3.41. The highest BCUT2D eigenvalue weighted by atomic mass is 35.5. The second-order valence-electron chi connectivity index (χ2n) is 6.32. The van der Waals surface area contributed by atoms with Gasteiger partial charge in [0.25, 0.3) is 0 Å². The van der Waals surface area contributed by atoms with Gasteiger partial charge in [-0.25, -0.2) is 9.97 Å². The molecule has 134 valence electrons. The average Bonchev–Trinajstić information content (AvgIpc) is 3.26. The van der Waals surface area contributed by atoms with Crippen LogP contribution in [0.3, 0.4) is 0 Å². The number of fused-ring (bicyclic) bond motifs is 1. The molecular weight excluding hydrogens is 352 g/mol. The first-order chi connectivity index (χ1) is 12.6. The zero-order chi connectivity index (χ0) is 18.1. The number of halogens is 1. The maximum absolute atomic E-state index is 7.20. The molecule has 0 atom stereocenters. The number of piperazine rings is 1. The number of hydrogen-bond acceptors (Lipinski definition) is 6. The molecule has 0 spiro atoms. The van der Waals surface area contributed by atoms with E-state index in [1.807, 2.05) is 12.1 Å². The lowest BCUT2D eigenvalue weighted by atomic mass is 10.2. The molecule has 0 aliphatic carbocycles. The predicted octanol–water partition coefficient (Wildman–Crippen LogP) is 3.20. The normalized spacial score (nSPS) is 16.0. The summed E-state index contributed by atoms with van der Waals surface area (Å²) in [5.74, 6) is 1.08. The smallest absolute Gasteiger partial charge is 0.245 e. The Morgan fingerprint density at radius 3 is 2.88 bits per heavy atom. The topological polar surface area (TPSA) is 85.0 Å². The van der Waals surface area contributed by atoms with Crippen LogP contribution in [0.1, 0.15) is 5.82 Å². The molecule has 2 aromatic heterocycles. The first-order valence-corrected chi connectivity index (χ1v) is 8.78. The van der Waals surface area contributed by atoms with Crippen molar-refractivity contribution in [3.05, 3.63) is 36.3 Å². The van der Waals surface area contributed by atoms with E-state index >= 15 is 0 Å². The SMILES string of the molecule is CN1CCN(c2ccc3nc(-c4cnc(/C=C\C(=N)Cl)[nH]4)oc3c2)CC1. The van der Waals surface area contributed by atoms with E-state index < -0.39 is 0 Å². The number of nitrogens with one attached hydrogen (secondary N) is 2. The van der Waals surface area contributed by atoms with Crippen LogP contribution in [0.5, 0.6) is 0 Å². The van der Waals surface area contributed by atoms with Crippen LogP contribution < -0.4 is 4.90 Å². The number of aromatic nitrogens is 3. The third-order valence-electron chi connectivity index (χ3n) is 4.45. The fourth-order valence-electron chi connectivity index (χ4n) is 2.97. The van der Waals surface area contributed by atoms with Gasteiger partial charge in [-0.05, 0) is 31.3 Å². The van der Waals surface area contributed by atoms with E-state index in [1.165, 1.54) is 6.08 Å². The number of aromatic amines is 1. The Bertz CT molecular complexity index is 967. The van der Waals surface area contributed by atoms with Gasteiger partial charge in [0.1, 0.15) is 22.2 Å². The molecule has 3 aromatic rings. The van der Waals surface area contributed by atoms with Gasteiger partial charge in [0.05, 0.1) is 6.20 Å². The molecule has 0 saturated carbocycles. The Balaban J connectivity index is 1.59. The van der Waals surface area contributed by atoms with Crippen molar-refractivity contribution in [3.8, 4) is 11.6 Å². The summed E-state index contributed by atoms with van der Waals surface area (Å²) in [6, 6.07) is 6.12. The van der Waals surface area contributed by atoms with E-state index in [0.29, 0.717) is 17.4 Å². The molecular formula is C18H19ClN6O. The van der Waals surface area contributed by atoms with Crippen molar-refractivity contribution in [1.82, 2.24) is 19.9 Å². The number of H-pyrrole nitrogens is 1. The number of oxazole rings is 1. The highest BCUT2D eigenvalue weighted by Gasteiger charge is 2.16. The van der Waals surface area contributed by atoms with Crippen molar-refractivity contribution in [1.29, 1.82) is 5.41 Å². The Labute approximate surface area is 155 Å². The molecule has 26 heavy (non-hydrogen) atoms.